The van der Waals surface area contributed by atoms with E-state index < -0.39 is 9.84 Å². The average Bonchev–Trinajstić information content (AvgIpc) is 2.86. The fourth-order valence-corrected chi connectivity index (χ4v) is 4.97. The Balaban J connectivity index is 2.01. The maximum Gasteiger partial charge on any atom is 0.150 e. The third-order valence-electron chi connectivity index (χ3n) is 4.07. The molecule has 0 aliphatic carbocycles. The number of hydrogen-bond acceptors (Lipinski definition) is 4. The molecule has 0 aromatic rings. The average molecular weight is 275 g/mol. The zero-order valence-electron chi connectivity index (χ0n) is 11.4. The SMILES string of the molecule is CCCNC(C1CCS(=O)(=O)C1)C1CCC(C)O1. The maximum atomic E-state index is 11.6. The second-order valence-corrected chi connectivity index (χ2v) is 7.93. The summed E-state index contributed by atoms with van der Waals surface area (Å²) in [5.74, 6) is 0.921. The van der Waals surface area contributed by atoms with Crippen LogP contribution >= 0.6 is 0 Å². The van der Waals surface area contributed by atoms with Crippen LogP contribution in [0.25, 0.3) is 0 Å². The third kappa shape index (κ3) is 3.45. The monoisotopic (exact) mass is 275 g/mol. The largest absolute Gasteiger partial charge is 0.374 e. The minimum atomic E-state index is -2.80. The first-order valence-corrected chi connectivity index (χ1v) is 8.93. The molecule has 5 heteroatoms. The Bertz CT molecular complexity index is 368. The van der Waals surface area contributed by atoms with Gasteiger partial charge in [0, 0.05) is 6.04 Å². The van der Waals surface area contributed by atoms with Crippen molar-refractivity contribution >= 4 is 9.84 Å². The van der Waals surface area contributed by atoms with E-state index in [9.17, 15) is 8.42 Å². The molecule has 4 nitrogen and oxygen atoms in total. The molecule has 4 atom stereocenters. The molecule has 2 rings (SSSR count). The van der Waals surface area contributed by atoms with Crippen LogP contribution in [0.1, 0.15) is 39.5 Å². The molecule has 4 unspecified atom stereocenters. The van der Waals surface area contributed by atoms with Crippen molar-refractivity contribution in [2.24, 2.45) is 5.92 Å². The van der Waals surface area contributed by atoms with Gasteiger partial charge in [0.2, 0.25) is 0 Å². The van der Waals surface area contributed by atoms with Crippen LogP contribution in [0.3, 0.4) is 0 Å². The molecule has 0 spiro atoms. The van der Waals surface area contributed by atoms with Gasteiger partial charge in [-0.15, -0.1) is 0 Å². The summed E-state index contributed by atoms with van der Waals surface area (Å²) in [5, 5.41) is 3.52. The van der Waals surface area contributed by atoms with Crippen molar-refractivity contribution < 1.29 is 13.2 Å². The van der Waals surface area contributed by atoms with Crippen molar-refractivity contribution in [2.45, 2.75) is 57.8 Å². The molecule has 0 aromatic carbocycles. The van der Waals surface area contributed by atoms with Crippen LogP contribution in [0.5, 0.6) is 0 Å². The first-order valence-electron chi connectivity index (χ1n) is 7.11. The summed E-state index contributed by atoms with van der Waals surface area (Å²) >= 11 is 0. The molecule has 0 saturated carbocycles. The number of nitrogens with one attached hydrogen (secondary N) is 1. The van der Waals surface area contributed by atoms with Crippen molar-refractivity contribution in [3.63, 3.8) is 0 Å². The molecular formula is C13H25NO3S. The predicted molar refractivity (Wildman–Crippen MR) is 72.4 cm³/mol. The Morgan fingerprint density at radius 3 is 2.61 bits per heavy atom. The maximum absolute atomic E-state index is 11.6. The molecule has 2 aliphatic rings. The highest BCUT2D eigenvalue weighted by Gasteiger charge is 2.39. The quantitative estimate of drug-likeness (QED) is 0.823. The molecule has 106 valence electrons. The molecule has 2 saturated heterocycles. The summed E-state index contributed by atoms with van der Waals surface area (Å²) in [7, 11) is -2.80. The summed E-state index contributed by atoms with van der Waals surface area (Å²) < 4.78 is 29.2. The standard InChI is InChI=1S/C13H25NO3S/c1-3-7-14-13(12-5-4-10(2)17-12)11-6-8-18(15,16)9-11/h10-14H,3-9H2,1-2H3. The van der Waals surface area contributed by atoms with E-state index >= 15 is 0 Å². The minimum Gasteiger partial charge on any atom is -0.374 e. The molecule has 0 aromatic heterocycles. The molecule has 0 amide bonds. The van der Waals surface area contributed by atoms with Crippen LogP contribution in [-0.2, 0) is 14.6 Å². The van der Waals surface area contributed by atoms with E-state index in [1.54, 1.807) is 0 Å². The van der Waals surface area contributed by atoms with Crippen molar-refractivity contribution in [3.8, 4) is 0 Å². The van der Waals surface area contributed by atoms with E-state index in [4.69, 9.17) is 4.74 Å². The van der Waals surface area contributed by atoms with Crippen LogP contribution in [0, 0.1) is 5.92 Å². The summed E-state index contributed by atoms with van der Waals surface area (Å²) in [4.78, 5) is 0. The number of sulfone groups is 1. The van der Waals surface area contributed by atoms with Crippen molar-refractivity contribution in [2.75, 3.05) is 18.1 Å². The van der Waals surface area contributed by atoms with E-state index in [1.807, 2.05) is 0 Å². The molecule has 18 heavy (non-hydrogen) atoms. The van der Waals surface area contributed by atoms with Crippen LogP contribution in [0.2, 0.25) is 0 Å². The molecule has 0 radical (unpaired) electrons. The molecule has 2 aliphatic heterocycles. The zero-order valence-corrected chi connectivity index (χ0v) is 12.2. The smallest absolute Gasteiger partial charge is 0.150 e. The van der Waals surface area contributed by atoms with E-state index in [0.29, 0.717) is 17.6 Å². The lowest BCUT2D eigenvalue weighted by molar-refractivity contribution is 0.0200. The van der Waals surface area contributed by atoms with E-state index in [-0.39, 0.29) is 18.1 Å². The summed E-state index contributed by atoms with van der Waals surface area (Å²) in [6.07, 6.45) is 4.52. The molecule has 2 heterocycles. The number of rotatable bonds is 5. The van der Waals surface area contributed by atoms with Gasteiger partial charge in [-0.2, -0.15) is 0 Å². The van der Waals surface area contributed by atoms with Crippen LogP contribution < -0.4 is 5.32 Å². The lowest BCUT2D eigenvalue weighted by atomic mass is 9.92. The van der Waals surface area contributed by atoms with E-state index in [0.717, 1.165) is 32.2 Å². The van der Waals surface area contributed by atoms with Gasteiger partial charge in [-0.05, 0) is 45.1 Å². The fourth-order valence-electron chi connectivity index (χ4n) is 3.12. The van der Waals surface area contributed by atoms with Crippen molar-refractivity contribution in [1.82, 2.24) is 5.32 Å². The van der Waals surface area contributed by atoms with Gasteiger partial charge in [-0.25, -0.2) is 8.42 Å². The van der Waals surface area contributed by atoms with Crippen LogP contribution in [0.4, 0.5) is 0 Å². The van der Waals surface area contributed by atoms with E-state index in [1.165, 1.54) is 0 Å². The Hall–Kier alpha value is -0.130. The Morgan fingerprint density at radius 1 is 1.33 bits per heavy atom. The van der Waals surface area contributed by atoms with E-state index in [2.05, 4.69) is 19.2 Å². The predicted octanol–water partition coefficient (Wildman–Crippen LogP) is 1.36. The fraction of sp³-hybridized carbons (Fsp3) is 1.00. The normalized spacial score (nSPS) is 36.9. The van der Waals surface area contributed by atoms with Gasteiger partial charge < -0.3 is 10.1 Å². The Labute approximate surface area is 110 Å². The van der Waals surface area contributed by atoms with Crippen LogP contribution in [-0.4, -0.2) is 44.7 Å². The second kappa shape index (κ2) is 5.88. The van der Waals surface area contributed by atoms with Gasteiger partial charge in [0.05, 0.1) is 23.7 Å². The first-order chi connectivity index (χ1) is 8.52. The van der Waals surface area contributed by atoms with Crippen molar-refractivity contribution in [1.29, 1.82) is 0 Å². The highest BCUT2D eigenvalue weighted by atomic mass is 32.2. The van der Waals surface area contributed by atoms with Crippen molar-refractivity contribution in [3.05, 3.63) is 0 Å². The first kappa shape index (κ1) is 14.3. The Kier molecular flexibility index (Phi) is 4.67. The Morgan fingerprint density at radius 2 is 2.11 bits per heavy atom. The highest BCUT2D eigenvalue weighted by molar-refractivity contribution is 7.91. The van der Waals surface area contributed by atoms with Gasteiger partial charge in [0.1, 0.15) is 0 Å². The summed E-state index contributed by atoms with van der Waals surface area (Å²) in [6, 6.07) is 0.215. The highest BCUT2D eigenvalue weighted by Crippen LogP contribution is 2.30. The summed E-state index contributed by atoms with van der Waals surface area (Å²) in [6.45, 7) is 5.17. The zero-order chi connectivity index (χ0) is 13.2. The van der Waals surface area contributed by atoms with Gasteiger partial charge in [-0.3, -0.25) is 0 Å². The van der Waals surface area contributed by atoms with Gasteiger partial charge in [0.15, 0.2) is 9.84 Å². The second-order valence-electron chi connectivity index (χ2n) is 5.71. The molecule has 0 bridgehead atoms. The molecule has 2 fully saturated rings. The van der Waals surface area contributed by atoms with Gasteiger partial charge >= 0.3 is 0 Å². The third-order valence-corrected chi connectivity index (χ3v) is 5.86. The van der Waals surface area contributed by atoms with Gasteiger partial charge in [-0.1, -0.05) is 6.92 Å². The summed E-state index contributed by atoms with van der Waals surface area (Å²) in [5.41, 5.74) is 0. The number of hydrogen-bond donors (Lipinski definition) is 1. The molecular weight excluding hydrogens is 250 g/mol. The van der Waals surface area contributed by atoms with Crippen LogP contribution in [0.15, 0.2) is 0 Å². The topological polar surface area (TPSA) is 55.4 Å². The lowest BCUT2D eigenvalue weighted by Crippen LogP contribution is -2.46. The van der Waals surface area contributed by atoms with Gasteiger partial charge in [0.25, 0.3) is 0 Å². The number of ether oxygens (including phenoxy) is 1. The minimum absolute atomic E-state index is 0.199. The molecule has 1 N–H and O–H groups in total. The lowest BCUT2D eigenvalue weighted by Gasteiger charge is -2.29.